The summed E-state index contributed by atoms with van der Waals surface area (Å²) in [6, 6.07) is 32.4. The second-order valence-corrected chi connectivity index (χ2v) is 9.44. The average Bonchev–Trinajstić information content (AvgIpc) is 2.84. The number of rotatable bonds is 6. The lowest BCUT2D eigenvalue weighted by Crippen LogP contribution is -2.20. The summed E-state index contributed by atoms with van der Waals surface area (Å²) in [7, 11) is 0. The minimum Gasteiger partial charge on any atom is -0.508 e. The van der Waals surface area contributed by atoms with E-state index in [0.29, 0.717) is 11.5 Å². The topological polar surface area (TPSA) is 40.5 Å². The van der Waals surface area contributed by atoms with Crippen LogP contribution in [0.4, 0.5) is 0 Å². The Bertz CT molecular complexity index is 1130. The van der Waals surface area contributed by atoms with E-state index in [-0.39, 0.29) is 17.3 Å². The molecule has 4 rings (SSSR count). The largest absolute Gasteiger partial charge is 0.508 e. The van der Waals surface area contributed by atoms with Gasteiger partial charge >= 0.3 is 0 Å². The number of phenols is 2. The summed E-state index contributed by atoms with van der Waals surface area (Å²) < 4.78 is 0. The quantitative estimate of drug-likeness (QED) is 0.325. The van der Waals surface area contributed by atoms with E-state index in [9.17, 15) is 10.2 Å². The minimum atomic E-state index is -0.308. The Morgan fingerprint density at radius 3 is 1.27 bits per heavy atom. The monoisotopic (exact) mass is 436 g/mol. The number of phenolic OH excluding ortho intramolecular Hbond substituents is 2. The zero-order valence-electron chi connectivity index (χ0n) is 19.8. The lowest BCUT2D eigenvalue weighted by Gasteiger charge is -2.29. The maximum atomic E-state index is 10.6. The first-order valence-electron chi connectivity index (χ1n) is 11.6. The summed E-state index contributed by atoms with van der Waals surface area (Å²) in [5.74, 6) is 0.788. The smallest absolute Gasteiger partial charge is 0.119 e. The highest BCUT2D eigenvalue weighted by Gasteiger charge is 2.27. The van der Waals surface area contributed by atoms with Crippen molar-refractivity contribution in [3.8, 4) is 11.5 Å². The third-order valence-electron chi connectivity index (χ3n) is 7.03. The summed E-state index contributed by atoms with van der Waals surface area (Å²) in [4.78, 5) is 0. The fourth-order valence-corrected chi connectivity index (χ4v) is 4.59. The predicted molar refractivity (Wildman–Crippen MR) is 136 cm³/mol. The van der Waals surface area contributed by atoms with Crippen LogP contribution < -0.4 is 0 Å². The summed E-state index contributed by atoms with van der Waals surface area (Å²) in [6.45, 7) is 8.64. The van der Waals surface area contributed by atoms with E-state index in [4.69, 9.17) is 0 Å². The van der Waals surface area contributed by atoms with Gasteiger partial charge in [-0.25, -0.2) is 0 Å². The molecule has 0 bridgehead atoms. The molecular formula is C31H32O2. The Morgan fingerprint density at radius 1 is 0.545 bits per heavy atom. The molecule has 4 aromatic carbocycles. The van der Waals surface area contributed by atoms with Crippen LogP contribution in [0, 0.1) is 0 Å². The summed E-state index contributed by atoms with van der Waals surface area (Å²) in [5.41, 5.74) is 6.13. The van der Waals surface area contributed by atoms with Crippen LogP contribution in [0.5, 0.6) is 11.5 Å². The molecule has 0 aromatic heterocycles. The molecule has 33 heavy (non-hydrogen) atoms. The van der Waals surface area contributed by atoms with Gasteiger partial charge in [0.1, 0.15) is 11.5 Å². The van der Waals surface area contributed by atoms with Crippen molar-refractivity contribution in [2.75, 3.05) is 0 Å². The third kappa shape index (κ3) is 4.52. The molecule has 0 spiro atoms. The second-order valence-electron chi connectivity index (χ2n) is 9.44. The van der Waals surface area contributed by atoms with Gasteiger partial charge in [0.25, 0.3) is 0 Å². The average molecular weight is 437 g/mol. The highest BCUT2D eigenvalue weighted by molar-refractivity contribution is 5.51. The van der Waals surface area contributed by atoms with Gasteiger partial charge in [0.2, 0.25) is 0 Å². The molecule has 0 saturated heterocycles. The van der Waals surface area contributed by atoms with E-state index in [0.717, 1.165) is 22.3 Å². The molecule has 168 valence electrons. The first kappa shape index (κ1) is 22.7. The molecule has 0 aliphatic carbocycles. The lowest BCUT2D eigenvalue weighted by atomic mass is 9.75. The maximum Gasteiger partial charge on any atom is 0.119 e. The van der Waals surface area contributed by atoms with Gasteiger partial charge in [-0.05, 0) is 34.4 Å². The molecular weight excluding hydrogens is 404 g/mol. The van der Waals surface area contributed by atoms with Crippen LogP contribution in [0.25, 0.3) is 0 Å². The molecule has 2 atom stereocenters. The van der Waals surface area contributed by atoms with E-state index < -0.39 is 0 Å². The number of benzene rings is 4. The van der Waals surface area contributed by atoms with Crippen molar-refractivity contribution in [3.63, 3.8) is 0 Å². The maximum absolute atomic E-state index is 10.6. The molecule has 2 unspecified atom stereocenters. The van der Waals surface area contributed by atoms with Crippen LogP contribution in [0.2, 0.25) is 0 Å². The Kier molecular flexibility index (Phi) is 6.29. The van der Waals surface area contributed by atoms with Crippen molar-refractivity contribution in [2.45, 2.75) is 44.9 Å². The van der Waals surface area contributed by atoms with Gasteiger partial charge in [0.15, 0.2) is 0 Å². The number of hydrogen-bond donors (Lipinski definition) is 2. The SMILES string of the molecule is CC(c1ccccc1)c1cc(C(C)(C)c2ccc(O)c(C(C)c3ccccc3)c2)ccc1O. The van der Waals surface area contributed by atoms with Gasteiger partial charge < -0.3 is 10.2 Å². The van der Waals surface area contributed by atoms with Gasteiger partial charge in [-0.2, -0.15) is 0 Å². The molecule has 0 fully saturated rings. The normalized spacial score (nSPS) is 13.5. The summed E-state index contributed by atoms with van der Waals surface area (Å²) >= 11 is 0. The molecule has 0 aliphatic heterocycles. The van der Waals surface area contributed by atoms with Crippen LogP contribution >= 0.6 is 0 Å². The van der Waals surface area contributed by atoms with E-state index in [1.54, 1.807) is 12.1 Å². The predicted octanol–water partition coefficient (Wildman–Crippen LogP) is 7.73. The number of aromatic hydroxyl groups is 2. The first-order valence-corrected chi connectivity index (χ1v) is 11.6. The summed E-state index contributed by atoms with van der Waals surface area (Å²) in [5, 5.41) is 21.3. The van der Waals surface area contributed by atoms with Crippen LogP contribution in [0.1, 0.15) is 72.9 Å². The molecule has 0 heterocycles. The molecule has 0 radical (unpaired) electrons. The Labute approximate surface area is 197 Å². The molecule has 0 aliphatic rings. The Hall–Kier alpha value is -3.52. The molecule has 4 aromatic rings. The Balaban J connectivity index is 1.73. The van der Waals surface area contributed by atoms with E-state index in [1.807, 2.05) is 48.5 Å². The first-order chi connectivity index (χ1) is 15.8. The van der Waals surface area contributed by atoms with E-state index in [1.165, 1.54) is 11.1 Å². The molecule has 0 saturated carbocycles. The van der Waals surface area contributed by atoms with Crippen LogP contribution in [0.15, 0.2) is 97.1 Å². The fourth-order valence-electron chi connectivity index (χ4n) is 4.59. The molecule has 2 heteroatoms. The second kappa shape index (κ2) is 9.15. The van der Waals surface area contributed by atoms with Gasteiger partial charge in [-0.15, -0.1) is 0 Å². The van der Waals surface area contributed by atoms with Crippen molar-refractivity contribution in [3.05, 3.63) is 130 Å². The minimum absolute atomic E-state index is 0.0791. The van der Waals surface area contributed by atoms with Crippen molar-refractivity contribution < 1.29 is 10.2 Å². The van der Waals surface area contributed by atoms with Gasteiger partial charge in [0.05, 0.1) is 0 Å². The third-order valence-corrected chi connectivity index (χ3v) is 7.03. The highest BCUT2D eigenvalue weighted by atomic mass is 16.3. The number of hydrogen-bond acceptors (Lipinski definition) is 2. The lowest BCUT2D eigenvalue weighted by molar-refractivity contribution is 0.464. The summed E-state index contributed by atoms with van der Waals surface area (Å²) in [6.07, 6.45) is 0. The standard InChI is InChI=1S/C31H32O2/c1-21(23-11-7-5-8-12-23)27-19-25(15-17-29(27)32)31(3,4)26-16-18-30(33)28(20-26)22(2)24-13-9-6-10-14-24/h5-22,32-33H,1-4H3. The van der Waals surface area contributed by atoms with Crippen molar-refractivity contribution >= 4 is 0 Å². The van der Waals surface area contributed by atoms with E-state index in [2.05, 4.69) is 64.1 Å². The van der Waals surface area contributed by atoms with E-state index >= 15 is 0 Å². The van der Waals surface area contributed by atoms with Gasteiger partial charge in [-0.1, -0.05) is 113 Å². The Morgan fingerprint density at radius 2 is 0.909 bits per heavy atom. The molecule has 2 N–H and O–H groups in total. The van der Waals surface area contributed by atoms with Crippen LogP contribution in [-0.2, 0) is 5.41 Å². The molecule has 0 amide bonds. The zero-order chi connectivity index (χ0) is 23.6. The van der Waals surface area contributed by atoms with Gasteiger partial charge in [-0.3, -0.25) is 0 Å². The fraction of sp³-hybridized carbons (Fsp3) is 0.226. The van der Waals surface area contributed by atoms with Crippen LogP contribution in [-0.4, -0.2) is 10.2 Å². The van der Waals surface area contributed by atoms with Gasteiger partial charge in [0, 0.05) is 28.4 Å². The zero-order valence-corrected chi connectivity index (χ0v) is 19.8. The van der Waals surface area contributed by atoms with Crippen LogP contribution in [0.3, 0.4) is 0 Å². The van der Waals surface area contributed by atoms with Crippen molar-refractivity contribution in [2.24, 2.45) is 0 Å². The van der Waals surface area contributed by atoms with Crippen molar-refractivity contribution in [1.29, 1.82) is 0 Å². The molecule has 2 nitrogen and oxygen atoms in total. The highest BCUT2D eigenvalue weighted by Crippen LogP contribution is 2.40. The van der Waals surface area contributed by atoms with Crippen molar-refractivity contribution in [1.82, 2.24) is 0 Å².